The van der Waals surface area contributed by atoms with E-state index in [9.17, 15) is 5.11 Å². The number of hydrogen-bond donors (Lipinski definition) is 1. The fourth-order valence-electron chi connectivity index (χ4n) is 2.86. The van der Waals surface area contributed by atoms with Gasteiger partial charge >= 0.3 is 0 Å². The number of aryl methyl sites for hydroxylation is 3. The second-order valence-corrected chi connectivity index (χ2v) is 5.66. The Balaban J connectivity index is 1.92. The van der Waals surface area contributed by atoms with Crippen molar-refractivity contribution in [1.29, 1.82) is 0 Å². The molecule has 0 aliphatic carbocycles. The van der Waals surface area contributed by atoms with Crippen molar-refractivity contribution < 1.29 is 5.11 Å². The van der Waals surface area contributed by atoms with Crippen molar-refractivity contribution in [3.8, 4) is 0 Å². The molecule has 0 amide bonds. The van der Waals surface area contributed by atoms with Gasteiger partial charge < -0.3 is 9.67 Å². The molecule has 0 fully saturated rings. The van der Waals surface area contributed by atoms with Gasteiger partial charge in [-0.1, -0.05) is 35.9 Å². The van der Waals surface area contributed by atoms with Gasteiger partial charge in [-0.15, -0.1) is 0 Å². The zero-order valence-corrected chi connectivity index (χ0v) is 12.7. The van der Waals surface area contributed by atoms with Crippen LogP contribution in [0.2, 0.25) is 0 Å². The van der Waals surface area contributed by atoms with Crippen LogP contribution in [-0.2, 0) is 13.5 Å². The van der Waals surface area contributed by atoms with E-state index in [0.29, 0.717) is 6.42 Å². The summed E-state index contributed by atoms with van der Waals surface area (Å²) in [4.78, 5) is 4.63. The predicted molar refractivity (Wildman–Crippen MR) is 85.3 cm³/mol. The maximum Gasteiger partial charge on any atom is 0.112 e. The van der Waals surface area contributed by atoms with E-state index in [1.807, 2.05) is 44.3 Å². The molecule has 1 unspecified atom stereocenters. The van der Waals surface area contributed by atoms with Gasteiger partial charge in [-0.2, -0.15) is 0 Å². The first kappa shape index (κ1) is 13.8. The smallest absolute Gasteiger partial charge is 0.112 e. The van der Waals surface area contributed by atoms with Crippen LogP contribution in [0.15, 0.2) is 42.5 Å². The van der Waals surface area contributed by atoms with Crippen molar-refractivity contribution >= 4 is 11.0 Å². The van der Waals surface area contributed by atoms with Crippen LogP contribution in [0.5, 0.6) is 0 Å². The number of benzene rings is 2. The summed E-state index contributed by atoms with van der Waals surface area (Å²) in [6.45, 7) is 4.11. The summed E-state index contributed by atoms with van der Waals surface area (Å²) < 4.78 is 2.06. The van der Waals surface area contributed by atoms with Crippen molar-refractivity contribution in [3.63, 3.8) is 0 Å². The van der Waals surface area contributed by atoms with Crippen LogP contribution in [0, 0.1) is 13.8 Å². The van der Waals surface area contributed by atoms with Crippen LogP contribution in [0.3, 0.4) is 0 Å². The number of aliphatic hydroxyl groups excluding tert-OH is 1. The van der Waals surface area contributed by atoms with Crippen molar-refractivity contribution in [2.45, 2.75) is 26.4 Å². The van der Waals surface area contributed by atoms with Crippen LogP contribution < -0.4 is 0 Å². The quantitative estimate of drug-likeness (QED) is 0.797. The van der Waals surface area contributed by atoms with Crippen LogP contribution >= 0.6 is 0 Å². The largest absolute Gasteiger partial charge is 0.388 e. The SMILES string of the molecule is Cc1ccc(C(O)Cc2nc3ccccc3n2C)c(C)c1. The molecular formula is C18H20N2O. The molecule has 0 aliphatic heterocycles. The van der Waals surface area contributed by atoms with Crippen molar-refractivity contribution in [3.05, 3.63) is 65.0 Å². The lowest BCUT2D eigenvalue weighted by atomic mass is 9.99. The van der Waals surface area contributed by atoms with Crippen LogP contribution in [-0.4, -0.2) is 14.7 Å². The Hall–Kier alpha value is -2.13. The topological polar surface area (TPSA) is 38.1 Å². The number of hydrogen-bond acceptors (Lipinski definition) is 2. The average Bonchev–Trinajstić information content (AvgIpc) is 2.76. The first-order valence-electron chi connectivity index (χ1n) is 7.22. The van der Waals surface area contributed by atoms with Gasteiger partial charge in [-0.3, -0.25) is 0 Å². The summed E-state index contributed by atoms with van der Waals surface area (Å²) in [5.74, 6) is 0.906. The van der Waals surface area contributed by atoms with E-state index in [1.54, 1.807) is 0 Å². The Morgan fingerprint density at radius 3 is 2.62 bits per heavy atom. The minimum absolute atomic E-state index is 0.523. The summed E-state index contributed by atoms with van der Waals surface area (Å²) in [7, 11) is 2.00. The lowest BCUT2D eigenvalue weighted by Gasteiger charge is -2.14. The van der Waals surface area contributed by atoms with E-state index in [0.717, 1.165) is 28.0 Å². The standard InChI is InChI=1S/C18H20N2O/c1-12-8-9-14(13(2)10-12)17(21)11-18-19-15-6-4-5-7-16(15)20(18)3/h4-10,17,21H,11H2,1-3H3. The fraction of sp³-hybridized carbons (Fsp3) is 0.278. The van der Waals surface area contributed by atoms with Crippen LogP contribution in [0.4, 0.5) is 0 Å². The van der Waals surface area contributed by atoms with Crippen molar-refractivity contribution in [1.82, 2.24) is 9.55 Å². The lowest BCUT2D eigenvalue weighted by Crippen LogP contribution is -2.08. The molecule has 0 saturated heterocycles. The Bertz CT molecular complexity index is 789. The van der Waals surface area contributed by atoms with Gasteiger partial charge in [0.25, 0.3) is 0 Å². The number of nitrogens with zero attached hydrogens (tertiary/aromatic N) is 2. The highest BCUT2D eigenvalue weighted by molar-refractivity contribution is 5.75. The van der Waals surface area contributed by atoms with Gasteiger partial charge in [-0.05, 0) is 37.1 Å². The normalized spacial score (nSPS) is 12.8. The lowest BCUT2D eigenvalue weighted by molar-refractivity contribution is 0.174. The molecule has 1 N–H and O–H groups in total. The van der Waals surface area contributed by atoms with Crippen molar-refractivity contribution in [2.75, 3.05) is 0 Å². The molecule has 3 heteroatoms. The molecule has 0 saturated carbocycles. The van der Waals surface area contributed by atoms with E-state index < -0.39 is 6.10 Å². The second kappa shape index (κ2) is 5.34. The molecule has 2 aromatic carbocycles. The van der Waals surface area contributed by atoms with Gasteiger partial charge in [0.05, 0.1) is 17.1 Å². The number of imidazole rings is 1. The molecule has 21 heavy (non-hydrogen) atoms. The van der Waals surface area contributed by atoms with E-state index >= 15 is 0 Å². The van der Waals surface area contributed by atoms with E-state index in [4.69, 9.17) is 0 Å². The molecule has 1 atom stereocenters. The monoisotopic (exact) mass is 280 g/mol. The first-order valence-corrected chi connectivity index (χ1v) is 7.22. The van der Waals surface area contributed by atoms with E-state index in [2.05, 4.69) is 28.6 Å². The number of aromatic nitrogens is 2. The van der Waals surface area contributed by atoms with Gasteiger partial charge in [0.1, 0.15) is 5.82 Å². The zero-order valence-electron chi connectivity index (χ0n) is 12.7. The highest BCUT2D eigenvalue weighted by atomic mass is 16.3. The first-order chi connectivity index (χ1) is 10.1. The number of fused-ring (bicyclic) bond motifs is 1. The molecule has 0 bridgehead atoms. The number of aliphatic hydroxyl groups is 1. The number of para-hydroxylation sites is 2. The third kappa shape index (κ3) is 2.57. The van der Waals surface area contributed by atoms with E-state index in [1.165, 1.54) is 5.56 Å². The maximum absolute atomic E-state index is 10.5. The molecule has 108 valence electrons. The van der Waals surface area contributed by atoms with Gasteiger partial charge in [0, 0.05) is 13.5 Å². The second-order valence-electron chi connectivity index (χ2n) is 5.66. The van der Waals surface area contributed by atoms with Crippen molar-refractivity contribution in [2.24, 2.45) is 7.05 Å². The Morgan fingerprint density at radius 1 is 1.14 bits per heavy atom. The average molecular weight is 280 g/mol. The van der Waals surface area contributed by atoms with Gasteiger partial charge in [-0.25, -0.2) is 4.98 Å². The molecule has 0 radical (unpaired) electrons. The van der Waals surface area contributed by atoms with Gasteiger partial charge in [0.2, 0.25) is 0 Å². The van der Waals surface area contributed by atoms with Crippen LogP contribution in [0.25, 0.3) is 11.0 Å². The maximum atomic E-state index is 10.5. The zero-order chi connectivity index (χ0) is 15.0. The molecule has 0 aliphatic rings. The summed E-state index contributed by atoms with van der Waals surface area (Å²) >= 11 is 0. The Labute approximate surface area is 124 Å². The molecular weight excluding hydrogens is 260 g/mol. The molecule has 3 nitrogen and oxygen atoms in total. The summed E-state index contributed by atoms with van der Waals surface area (Å²) in [5, 5.41) is 10.5. The molecule has 1 heterocycles. The molecule has 0 spiro atoms. The minimum Gasteiger partial charge on any atom is -0.388 e. The summed E-state index contributed by atoms with van der Waals surface area (Å²) in [5.41, 5.74) is 5.39. The third-order valence-electron chi connectivity index (χ3n) is 4.04. The minimum atomic E-state index is -0.527. The van der Waals surface area contributed by atoms with E-state index in [-0.39, 0.29) is 0 Å². The summed E-state index contributed by atoms with van der Waals surface area (Å²) in [6, 6.07) is 14.2. The highest BCUT2D eigenvalue weighted by Crippen LogP contribution is 2.24. The molecule has 1 aromatic heterocycles. The highest BCUT2D eigenvalue weighted by Gasteiger charge is 2.15. The Kier molecular flexibility index (Phi) is 3.52. The van der Waals surface area contributed by atoms with Crippen LogP contribution in [0.1, 0.15) is 28.6 Å². The fourth-order valence-corrected chi connectivity index (χ4v) is 2.86. The molecule has 3 rings (SSSR count). The van der Waals surface area contributed by atoms with Gasteiger partial charge in [0.15, 0.2) is 0 Å². The summed E-state index contributed by atoms with van der Waals surface area (Å²) in [6.07, 6.45) is -0.00385. The Morgan fingerprint density at radius 2 is 1.90 bits per heavy atom. The predicted octanol–water partition coefficient (Wildman–Crippen LogP) is 3.47. The number of rotatable bonds is 3. The molecule has 3 aromatic rings. The third-order valence-corrected chi connectivity index (χ3v) is 4.04.